The largest absolute Gasteiger partial charge is 0.359 e. The molecule has 2 rings (SSSR count). The molecule has 4 amide bonds. The van der Waals surface area contributed by atoms with Crippen LogP contribution in [0.1, 0.15) is 45.6 Å². The van der Waals surface area contributed by atoms with Gasteiger partial charge >= 0.3 is 6.03 Å². The van der Waals surface area contributed by atoms with E-state index in [1.807, 2.05) is 6.92 Å². The van der Waals surface area contributed by atoms with Crippen molar-refractivity contribution in [2.45, 2.75) is 58.7 Å². The van der Waals surface area contributed by atoms with Gasteiger partial charge in [0.15, 0.2) is 5.76 Å². The highest BCUT2D eigenvalue weighted by atomic mass is 16.5. The van der Waals surface area contributed by atoms with E-state index in [-0.39, 0.29) is 6.54 Å². The molecule has 0 radical (unpaired) electrons. The zero-order valence-electron chi connectivity index (χ0n) is 13.8. The van der Waals surface area contributed by atoms with Crippen molar-refractivity contribution in [2.24, 2.45) is 0 Å². The lowest BCUT2D eigenvalue weighted by Crippen LogP contribution is -2.49. The molecule has 0 unspecified atom stereocenters. The number of carbonyl (C=O) groups is 3. The second kappa shape index (κ2) is 6.39. The maximum absolute atomic E-state index is 12.2. The second-order valence-electron chi connectivity index (χ2n) is 6.16. The number of aryl methyl sites for hydroxylation is 1. The fourth-order valence-corrected chi connectivity index (χ4v) is 2.38. The summed E-state index contributed by atoms with van der Waals surface area (Å²) in [6.45, 7) is 6.91. The number of nitrogens with one attached hydrogen (secondary N) is 2. The fourth-order valence-electron chi connectivity index (χ4n) is 2.38. The number of hydrogen-bond donors (Lipinski definition) is 2. The lowest BCUT2D eigenvalue weighted by molar-refractivity contribution is -0.137. The van der Waals surface area contributed by atoms with Crippen LogP contribution in [-0.2, 0) is 22.6 Å². The maximum Gasteiger partial charge on any atom is 0.325 e. The van der Waals surface area contributed by atoms with Gasteiger partial charge < -0.3 is 15.2 Å². The molecule has 1 atom stereocenters. The molecular formula is C15H22N4O4. The smallest absolute Gasteiger partial charge is 0.325 e. The summed E-state index contributed by atoms with van der Waals surface area (Å²) in [5.41, 5.74) is -0.161. The van der Waals surface area contributed by atoms with Crippen LogP contribution in [0.3, 0.4) is 0 Å². The number of amides is 4. The van der Waals surface area contributed by atoms with Gasteiger partial charge in [-0.05, 0) is 27.2 Å². The topological polar surface area (TPSA) is 105 Å². The summed E-state index contributed by atoms with van der Waals surface area (Å²) in [6.07, 6.45) is 1.77. The number of imide groups is 1. The molecule has 1 saturated heterocycles. The average Bonchev–Trinajstić information content (AvgIpc) is 2.99. The summed E-state index contributed by atoms with van der Waals surface area (Å²) in [5, 5.41) is 9.10. The van der Waals surface area contributed by atoms with Crippen molar-refractivity contribution >= 4 is 17.8 Å². The lowest BCUT2D eigenvalue weighted by Gasteiger charge is -2.21. The number of nitrogens with zero attached hydrogens (tertiary/aromatic N) is 2. The molecule has 1 aromatic heterocycles. The third-order valence-corrected chi connectivity index (χ3v) is 3.71. The first-order valence-electron chi connectivity index (χ1n) is 7.64. The van der Waals surface area contributed by atoms with Crippen molar-refractivity contribution in [2.75, 3.05) is 0 Å². The molecule has 1 aliphatic rings. The predicted molar refractivity (Wildman–Crippen MR) is 81.3 cm³/mol. The summed E-state index contributed by atoms with van der Waals surface area (Å²) >= 11 is 0. The molecule has 2 heterocycles. The van der Waals surface area contributed by atoms with Crippen LogP contribution in [0.5, 0.6) is 0 Å². The quantitative estimate of drug-likeness (QED) is 0.759. The molecule has 0 bridgehead atoms. The molecule has 2 N–H and O–H groups in total. The van der Waals surface area contributed by atoms with E-state index in [4.69, 9.17) is 4.52 Å². The van der Waals surface area contributed by atoms with E-state index < -0.39 is 29.4 Å². The Labute approximate surface area is 134 Å². The van der Waals surface area contributed by atoms with Gasteiger partial charge in [0.2, 0.25) is 5.91 Å². The second-order valence-corrected chi connectivity index (χ2v) is 6.16. The Balaban J connectivity index is 1.95. The minimum absolute atomic E-state index is 0.160. The summed E-state index contributed by atoms with van der Waals surface area (Å²) in [4.78, 5) is 37.2. The van der Waals surface area contributed by atoms with Gasteiger partial charge in [-0.1, -0.05) is 18.5 Å². The first-order chi connectivity index (χ1) is 10.8. The third-order valence-electron chi connectivity index (χ3n) is 3.71. The number of hydrogen-bond acceptors (Lipinski definition) is 5. The summed E-state index contributed by atoms with van der Waals surface area (Å²) in [7, 11) is 0. The van der Waals surface area contributed by atoms with E-state index in [0.717, 1.165) is 23.4 Å². The molecule has 0 aromatic carbocycles. The van der Waals surface area contributed by atoms with Crippen LogP contribution in [0.15, 0.2) is 10.6 Å². The molecule has 0 aliphatic carbocycles. The van der Waals surface area contributed by atoms with E-state index in [1.165, 1.54) is 6.92 Å². The fraction of sp³-hybridized carbons (Fsp3) is 0.600. The van der Waals surface area contributed by atoms with Crippen molar-refractivity contribution in [1.29, 1.82) is 0 Å². The van der Waals surface area contributed by atoms with Gasteiger partial charge in [-0.2, -0.15) is 0 Å². The van der Waals surface area contributed by atoms with Crippen LogP contribution in [0.25, 0.3) is 0 Å². The van der Waals surface area contributed by atoms with Gasteiger partial charge in [-0.15, -0.1) is 0 Å². The molecule has 23 heavy (non-hydrogen) atoms. The van der Waals surface area contributed by atoms with Gasteiger partial charge in [0.1, 0.15) is 11.6 Å². The van der Waals surface area contributed by atoms with Gasteiger partial charge in [0.25, 0.3) is 5.91 Å². The maximum atomic E-state index is 12.2. The van der Waals surface area contributed by atoms with E-state index in [0.29, 0.717) is 5.76 Å². The Kier molecular flexibility index (Phi) is 4.72. The van der Waals surface area contributed by atoms with Crippen LogP contribution in [0, 0.1) is 0 Å². The van der Waals surface area contributed by atoms with Gasteiger partial charge in [0, 0.05) is 6.07 Å². The van der Waals surface area contributed by atoms with E-state index in [2.05, 4.69) is 15.8 Å². The van der Waals surface area contributed by atoms with E-state index >= 15 is 0 Å². The number of aromatic nitrogens is 1. The zero-order chi connectivity index (χ0) is 17.2. The normalized spacial score (nSPS) is 18.0. The van der Waals surface area contributed by atoms with Crippen molar-refractivity contribution in [3.63, 3.8) is 0 Å². The standard InChI is InChI=1S/C15H22N4O4/c1-5-6-10-7-11(23-18-10)8-16-12(20)9(2)19-13(21)15(3,4)17-14(19)22/h7,9H,5-6,8H2,1-4H3,(H,16,20)(H,17,22)/t9-/m0/s1. The number of carbonyl (C=O) groups excluding carboxylic acids is 3. The number of rotatable bonds is 6. The van der Waals surface area contributed by atoms with Gasteiger partial charge in [0.05, 0.1) is 12.2 Å². The Bertz CT molecular complexity index is 623. The van der Waals surface area contributed by atoms with Crippen molar-refractivity contribution in [3.8, 4) is 0 Å². The molecule has 1 fully saturated rings. The monoisotopic (exact) mass is 322 g/mol. The highest BCUT2D eigenvalue weighted by molar-refractivity contribution is 6.09. The molecular weight excluding hydrogens is 300 g/mol. The Morgan fingerprint density at radius 2 is 2.17 bits per heavy atom. The first-order valence-corrected chi connectivity index (χ1v) is 7.64. The Morgan fingerprint density at radius 1 is 1.48 bits per heavy atom. The lowest BCUT2D eigenvalue weighted by atomic mass is 10.1. The summed E-state index contributed by atoms with van der Waals surface area (Å²) in [5.74, 6) is -0.318. The zero-order valence-corrected chi connectivity index (χ0v) is 13.8. The first kappa shape index (κ1) is 17.0. The molecule has 1 aliphatic heterocycles. The minimum Gasteiger partial charge on any atom is -0.359 e. The highest BCUT2D eigenvalue weighted by Crippen LogP contribution is 2.19. The molecule has 1 aromatic rings. The van der Waals surface area contributed by atoms with E-state index in [9.17, 15) is 14.4 Å². The SMILES string of the molecule is CCCc1cc(CNC(=O)[C@H](C)N2C(=O)NC(C)(C)C2=O)on1. The molecule has 8 nitrogen and oxygen atoms in total. The van der Waals surface area contributed by atoms with Crippen LogP contribution in [0.2, 0.25) is 0 Å². The predicted octanol–water partition coefficient (Wildman–Crippen LogP) is 0.962. The van der Waals surface area contributed by atoms with Crippen molar-refractivity contribution in [3.05, 3.63) is 17.5 Å². The van der Waals surface area contributed by atoms with Gasteiger partial charge in [-0.3, -0.25) is 9.59 Å². The van der Waals surface area contributed by atoms with Gasteiger partial charge in [-0.25, -0.2) is 9.69 Å². The van der Waals surface area contributed by atoms with Crippen LogP contribution >= 0.6 is 0 Å². The van der Waals surface area contributed by atoms with Crippen LogP contribution < -0.4 is 10.6 Å². The molecule has 8 heteroatoms. The van der Waals surface area contributed by atoms with Crippen molar-refractivity contribution in [1.82, 2.24) is 20.7 Å². The molecule has 126 valence electrons. The van der Waals surface area contributed by atoms with E-state index in [1.54, 1.807) is 19.9 Å². The third kappa shape index (κ3) is 3.52. The van der Waals surface area contributed by atoms with Crippen molar-refractivity contribution < 1.29 is 18.9 Å². The summed E-state index contributed by atoms with van der Waals surface area (Å²) < 4.78 is 5.12. The highest BCUT2D eigenvalue weighted by Gasteiger charge is 2.47. The Morgan fingerprint density at radius 3 is 2.74 bits per heavy atom. The minimum atomic E-state index is -0.994. The summed E-state index contributed by atoms with van der Waals surface area (Å²) in [6, 6.07) is 0.320. The Hall–Kier alpha value is -2.38. The van der Waals surface area contributed by atoms with Crippen LogP contribution in [0.4, 0.5) is 4.79 Å². The molecule has 0 spiro atoms. The number of urea groups is 1. The average molecular weight is 322 g/mol. The van der Waals surface area contributed by atoms with Crippen LogP contribution in [-0.4, -0.2) is 39.5 Å². The molecule has 0 saturated carbocycles.